The topological polar surface area (TPSA) is 154 Å². The highest BCUT2D eigenvalue weighted by molar-refractivity contribution is 6.35. The smallest absolute Gasteiger partial charge is 0.308 e. The number of nitrogens with one attached hydrogen (secondary N) is 4. The van der Waals surface area contributed by atoms with Crippen molar-refractivity contribution < 1.29 is 28.6 Å². The van der Waals surface area contributed by atoms with Gasteiger partial charge in [-0.2, -0.15) is 0 Å². The Labute approximate surface area is 221 Å². The molecule has 0 saturated heterocycles. The number of pyridine rings is 1. The van der Waals surface area contributed by atoms with E-state index in [1.807, 2.05) is 0 Å². The molecule has 0 spiro atoms. The van der Waals surface area contributed by atoms with Gasteiger partial charge in [-0.05, 0) is 25.1 Å². The molecule has 1 unspecified atom stereocenters. The Morgan fingerprint density at radius 3 is 2.76 bits per heavy atom. The fourth-order valence-corrected chi connectivity index (χ4v) is 3.87. The van der Waals surface area contributed by atoms with Gasteiger partial charge in [0, 0.05) is 16.8 Å². The van der Waals surface area contributed by atoms with E-state index in [-0.39, 0.29) is 53.0 Å². The molecule has 0 saturated carbocycles. The van der Waals surface area contributed by atoms with Gasteiger partial charge in [0.05, 0.1) is 61.2 Å². The number of halogens is 3. The van der Waals surface area contributed by atoms with E-state index in [0.717, 1.165) is 0 Å². The lowest BCUT2D eigenvalue weighted by atomic mass is 10.0. The van der Waals surface area contributed by atoms with E-state index in [4.69, 9.17) is 27.9 Å². The molecule has 11 nitrogen and oxygen atoms in total. The number of anilines is 1. The summed E-state index contributed by atoms with van der Waals surface area (Å²) < 4.78 is 18.2. The number of phenols is 1. The minimum absolute atomic E-state index is 0.0222. The lowest BCUT2D eigenvalue weighted by molar-refractivity contribution is -0.143. The summed E-state index contributed by atoms with van der Waals surface area (Å²) in [6.07, 6.45) is 1.39. The largest absolute Gasteiger partial charge is 0.506 e. The second-order valence-electron chi connectivity index (χ2n) is 7.89. The number of hydrogen-bond acceptors (Lipinski definition) is 9. The Morgan fingerprint density at radius 2 is 2.05 bits per heavy atom. The van der Waals surface area contributed by atoms with Crippen LogP contribution in [-0.2, 0) is 14.3 Å². The molecule has 0 fully saturated rings. The summed E-state index contributed by atoms with van der Waals surface area (Å²) in [5.41, 5.74) is 0.704. The number of esters is 1. The molecule has 2 aromatic rings. The average molecular weight is 555 g/mol. The number of aromatic hydroxyl groups is 1. The predicted octanol–water partition coefficient (Wildman–Crippen LogP) is 2.34. The number of rotatable bonds is 9. The van der Waals surface area contributed by atoms with Crippen LogP contribution in [0.15, 0.2) is 35.6 Å². The van der Waals surface area contributed by atoms with Crippen molar-refractivity contribution in [3.05, 3.63) is 51.8 Å². The molecule has 0 radical (unpaired) electrons. The van der Waals surface area contributed by atoms with Crippen LogP contribution in [0.4, 0.5) is 10.1 Å². The number of hydrogen-bond donors (Lipinski definition) is 5. The highest BCUT2D eigenvalue weighted by Crippen LogP contribution is 2.36. The van der Waals surface area contributed by atoms with Gasteiger partial charge in [0.2, 0.25) is 5.91 Å². The monoisotopic (exact) mass is 554 g/mol. The zero-order chi connectivity index (χ0) is 26.9. The molecule has 2 atom stereocenters. The van der Waals surface area contributed by atoms with Gasteiger partial charge in [-0.3, -0.25) is 19.4 Å². The van der Waals surface area contributed by atoms with Gasteiger partial charge < -0.3 is 31.1 Å². The molecule has 1 aromatic heterocycles. The Morgan fingerprint density at radius 1 is 1.27 bits per heavy atom. The minimum Gasteiger partial charge on any atom is -0.506 e. The van der Waals surface area contributed by atoms with Crippen molar-refractivity contribution >= 4 is 52.6 Å². The third kappa shape index (κ3) is 8.19. The standard InChI is InChI=1S/C23H25Cl2FN6O5/c1-2-37-20(34)6-18(16-4-13(24)5-17(25)21(16)35)32-19(33)11-28-22(36)12-3-15(10-27-7-12)31-23-29-8-14(26)9-30-23/h3-5,7,10,14,18,35H,2,6,8-9,11H2,1H3,(H,28,36)(H,32,33)(H2,29,30,31)/t18-/m1/s1. The molecule has 37 heavy (non-hydrogen) atoms. The quantitative estimate of drug-likeness (QED) is 0.296. The van der Waals surface area contributed by atoms with Crippen LogP contribution in [-0.4, -0.2) is 66.2 Å². The second-order valence-corrected chi connectivity index (χ2v) is 8.74. The summed E-state index contributed by atoms with van der Waals surface area (Å²) in [6, 6.07) is 3.15. The highest BCUT2D eigenvalue weighted by Gasteiger charge is 2.24. The number of guanidine groups is 1. The lowest BCUT2D eigenvalue weighted by Gasteiger charge is -2.20. The number of nitrogens with zero attached hydrogens (tertiary/aromatic N) is 2. The zero-order valence-electron chi connectivity index (χ0n) is 19.7. The second kappa shape index (κ2) is 13.1. The van der Waals surface area contributed by atoms with Crippen LogP contribution < -0.4 is 21.3 Å². The van der Waals surface area contributed by atoms with Crippen LogP contribution in [0, 0.1) is 0 Å². The number of carbonyl (C=O) groups is 3. The minimum atomic E-state index is -1.07. The van der Waals surface area contributed by atoms with Crippen molar-refractivity contribution in [1.82, 2.24) is 20.9 Å². The average Bonchev–Trinajstić information content (AvgIpc) is 2.86. The van der Waals surface area contributed by atoms with E-state index < -0.39 is 36.5 Å². The maximum atomic E-state index is 13.2. The first-order valence-electron chi connectivity index (χ1n) is 11.2. The molecule has 198 valence electrons. The Balaban J connectivity index is 1.64. The fraction of sp³-hybridized carbons (Fsp3) is 0.348. The van der Waals surface area contributed by atoms with Crippen molar-refractivity contribution in [2.45, 2.75) is 25.6 Å². The Bertz CT molecular complexity index is 1200. The van der Waals surface area contributed by atoms with Crippen molar-refractivity contribution in [2.24, 2.45) is 4.99 Å². The lowest BCUT2D eigenvalue weighted by Crippen LogP contribution is -2.41. The fourth-order valence-electron chi connectivity index (χ4n) is 3.36. The number of amides is 2. The van der Waals surface area contributed by atoms with E-state index >= 15 is 0 Å². The normalized spacial score (nSPS) is 15.6. The molecule has 1 aliphatic rings. The summed E-state index contributed by atoms with van der Waals surface area (Å²) in [7, 11) is 0. The first-order chi connectivity index (χ1) is 17.7. The molecule has 1 aliphatic heterocycles. The molecule has 0 aliphatic carbocycles. The summed E-state index contributed by atoms with van der Waals surface area (Å²) in [5.74, 6) is -1.86. The number of ether oxygens (including phenoxy) is 1. The first-order valence-corrected chi connectivity index (χ1v) is 12.0. The first kappa shape index (κ1) is 27.9. The van der Waals surface area contributed by atoms with Gasteiger partial charge >= 0.3 is 5.97 Å². The number of alkyl halides is 1. The molecular formula is C23H25Cl2FN6O5. The van der Waals surface area contributed by atoms with Crippen LogP contribution >= 0.6 is 23.2 Å². The molecule has 2 heterocycles. The number of benzene rings is 1. The molecule has 1 aromatic carbocycles. The zero-order valence-corrected chi connectivity index (χ0v) is 21.2. The summed E-state index contributed by atoms with van der Waals surface area (Å²) in [6.45, 7) is 1.45. The molecular weight excluding hydrogens is 530 g/mol. The van der Waals surface area contributed by atoms with Crippen molar-refractivity contribution in [3.8, 4) is 5.75 Å². The van der Waals surface area contributed by atoms with E-state index in [0.29, 0.717) is 11.6 Å². The molecule has 3 rings (SSSR count). The van der Waals surface area contributed by atoms with Gasteiger partial charge in [0.15, 0.2) is 5.96 Å². The summed E-state index contributed by atoms with van der Waals surface area (Å²) >= 11 is 12.0. The summed E-state index contributed by atoms with van der Waals surface area (Å²) in [5, 5.41) is 21.2. The van der Waals surface area contributed by atoms with Crippen LogP contribution in [0.25, 0.3) is 0 Å². The number of aliphatic imine (C=N–C) groups is 1. The van der Waals surface area contributed by atoms with Gasteiger partial charge in [-0.1, -0.05) is 23.2 Å². The van der Waals surface area contributed by atoms with Gasteiger partial charge in [0.25, 0.3) is 5.91 Å². The van der Waals surface area contributed by atoms with E-state index in [1.165, 1.54) is 30.6 Å². The number of carbonyl (C=O) groups excluding carboxylic acids is 3. The third-order valence-corrected chi connectivity index (χ3v) is 5.56. The van der Waals surface area contributed by atoms with Crippen LogP contribution in [0.2, 0.25) is 10.0 Å². The number of aromatic nitrogens is 1. The Kier molecular flexibility index (Phi) is 9.86. The van der Waals surface area contributed by atoms with Crippen molar-refractivity contribution in [3.63, 3.8) is 0 Å². The van der Waals surface area contributed by atoms with Crippen molar-refractivity contribution in [1.29, 1.82) is 0 Å². The van der Waals surface area contributed by atoms with Gasteiger partial charge in [0.1, 0.15) is 11.9 Å². The van der Waals surface area contributed by atoms with Gasteiger partial charge in [-0.15, -0.1) is 0 Å². The molecule has 0 bridgehead atoms. The maximum absolute atomic E-state index is 13.2. The maximum Gasteiger partial charge on any atom is 0.308 e. The summed E-state index contributed by atoms with van der Waals surface area (Å²) in [4.78, 5) is 45.3. The van der Waals surface area contributed by atoms with E-state index in [9.17, 15) is 23.9 Å². The third-order valence-electron chi connectivity index (χ3n) is 5.06. The van der Waals surface area contributed by atoms with E-state index in [2.05, 4.69) is 31.2 Å². The molecule has 5 N–H and O–H groups in total. The van der Waals surface area contributed by atoms with Crippen LogP contribution in [0.5, 0.6) is 5.75 Å². The Hall–Kier alpha value is -3.64. The number of phenolic OH excluding ortho intramolecular Hbond substituents is 1. The SMILES string of the molecule is CCOC(=O)C[C@@H](NC(=O)CNC(=O)c1cncc(NC2=NCC(F)CN2)c1)c1cc(Cl)cc(Cl)c1O. The highest BCUT2D eigenvalue weighted by atomic mass is 35.5. The van der Waals surface area contributed by atoms with Crippen LogP contribution in [0.1, 0.15) is 35.3 Å². The van der Waals surface area contributed by atoms with Crippen molar-refractivity contribution in [2.75, 3.05) is 31.6 Å². The molecule has 14 heteroatoms. The van der Waals surface area contributed by atoms with Crippen LogP contribution in [0.3, 0.4) is 0 Å². The van der Waals surface area contributed by atoms with E-state index in [1.54, 1.807) is 6.92 Å². The predicted molar refractivity (Wildman–Crippen MR) is 136 cm³/mol. The van der Waals surface area contributed by atoms with Gasteiger partial charge in [-0.25, -0.2) is 9.38 Å². The molecule has 2 amide bonds.